The number of hydrogen-bond acceptors (Lipinski definition) is 10. The van der Waals surface area contributed by atoms with Gasteiger partial charge in [0.15, 0.2) is 5.82 Å². The molecule has 3 heterocycles. The van der Waals surface area contributed by atoms with E-state index in [0.717, 1.165) is 0 Å². The standard InChI is InChI=1S/C29H43N5O7SSi/c1-20(27(35)21-14-17-41-18-15-21)42(36,37)33(16-19-43(5,6)7)29-32-31-28(22-10-8-13-25(30-22)40-4)34(29)26-23(38-2)11-9-12-24(26)39-3/h8-13,20-21,27,35H,14-19H2,1-7H3/t20-,27-/m1/s1. The monoisotopic (exact) mass is 633 g/mol. The lowest BCUT2D eigenvalue weighted by atomic mass is 9.92. The highest BCUT2D eigenvalue weighted by atomic mass is 32.2. The highest BCUT2D eigenvalue weighted by Gasteiger charge is 2.41. The summed E-state index contributed by atoms with van der Waals surface area (Å²) in [7, 11) is -1.34. The van der Waals surface area contributed by atoms with Gasteiger partial charge in [-0.05, 0) is 49.9 Å². The number of pyridine rings is 1. The van der Waals surface area contributed by atoms with Crippen LogP contribution in [0, 0.1) is 5.92 Å². The van der Waals surface area contributed by atoms with Crippen molar-refractivity contribution in [3.63, 3.8) is 0 Å². The van der Waals surface area contributed by atoms with Crippen molar-refractivity contribution in [3.05, 3.63) is 36.4 Å². The van der Waals surface area contributed by atoms with Crippen molar-refractivity contribution in [2.45, 2.75) is 56.8 Å². The topological polar surface area (TPSA) is 138 Å². The Labute approximate surface area is 255 Å². The van der Waals surface area contributed by atoms with Crippen LogP contribution in [0.4, 0.5) is 5.95 Å². The third kappa shape index (κ3) is 7.14. The molecule has 1 N–H and O–H groups in total. The van der Waals surface area contributed by atoms with Crippen LogP contribution in [0.15, 0.2) is 36.4 Å². The summed E-state index contributed by atoms with van der Waals surface area (Å²) < 4.78 is 54.3. The molecule has 236 valence electrons. The van der Waals surface area contributed by atoms with Crippen LogP contribution in [0.25, 0.3) is 17.2 Å². The molecule has 1 aromatic carbocycles. The van der Waals surface area contributed by atoms with Gasteiger partial charge in [-0.25, -0.2) is 17.7 Å². The molecule has 0 amide bonds. The molecule has 12 nitrogen and oxygen atoms in total. The number of para-hydroxylation sites is 1. The predicted octanol–water partition coefficient (Wildman–Crippen LogP) is 4.01. The molecule has 2 aromatic heterocycles. The van der Waals surface area contributed by atoms with Crippen LogP contribution in [0.5, 0.6) is 17.4 Å². The molecule has 4 rings (SSSR count). The minimum atomic E-state index is -4.16. The molecule has 2 atom stereocenters. The van der Waals surface area contributed by atoms with E-state index in [9.17, 15) is 13.5 Å². The summed E-state index contributed by atoms with van der Waals surface area (Å²) >= 11 is 0. The highest BCUT2D eigenvalue weighted by Crippen LogP contribution is 2.39. The van der Waals surface area contributed by atoms with Gasteiger partial charge >= 0.3 is 0 Å². The Morgan fingerprint density at radius 2 is 1.65 bits per heavy atom. The second kappa shape index (κ2) is 13.6. The first-order valence-corrected chi connectivity index (χ1v) is 19.6. The fraction of sp³-hybridized carbons (Fsp3) is 0.552. The van der Waals surface area contributed by atoms with Gasteiger partial charge < -0.3 is 24.1 Å². The molecule has 0 radical (unpaired) electrons. The molecule has 3 aromatic rings. The summed E-state index contributed by atoms with van der Waals surface area (Å²) in [5.41, 5.74) is 0.821. The second-order valence-corrected chi connectivity index (χ2v) is 19.6. The fourth-order valence-corrected chi connectivity index (χ4v) is 7.83. The molecule has 0 saturated carbocycles. The number of anilines is 1. The van der Waals surface area contributed by atoms with E-state index in [1.807, 2.05) is 0 Å². The number of rotatable bonds is 13. The van der Waals surface area contributed by atoms with Crippen LogP contribution >= 0.6 is 0 Å². The minimum absolute atomic E-state index is 0.0479. The molecule has 0 bridgehead atoms. The second-order valence-electron chi connectivity index (χ2n) is 11.8. The number of methoxy groups -OCH3 is 3. The Morgan fingerprint density at radius 3 is 2.23 bits per heavy atom. The van der Waals surface area contributed by atoms with Crippen LogP contribution < -0.4 is 18.5 Å². The van der Waals surface area contributed by atoms with Crippen molar-refractivity contribution >= 4 is 24.0 Å². The molecule has 43 heavy (non-hydrogen) atoms. The summed E-state index contributed by atoms with van der Waals surface area (Å²) in [6, 6.07) is 11.2. The molecule has 1 fully saturated rings. The normalized spacial score (nSPS) is 16.0. The number of benzene rings is 1. The summed E-state index contributed by atoms with van der Waals surface area (Å²) in [5, 5.41) is 19.2. The zero-order chi connectivity index (χ0) is 31.4. The first-order valence-electron chi connectivity index (χ1n) is 14.4. The van der Waals surface area contributed by atoms with E-state index < -0.39 is 29.5 Å². The Bertz CT molecular complexity index is 1470. The Balaban J connectivity index is 1.96. The van der Waals surface area contributed by atoms with Crippen molar-refractivity contribution in [2.24, 2.45) is 5.92 Å². The van der Waals surface area contributed by atoms with Gasteiger partial charge in [0.05, 0.1) is 27.4 Å². The summed E-state index contributed by atoms with van der Waals surface area (Å²) in [5.74, 6) is 1.32. The smallest absolute Gasteiger partial charge is 0.246 e. The number of nitrogens with zero attached hydrogens (tertiary/aromatic N) is 5. The lowest BCUT2D eigenvalue weighted by Crippen LogP contribution is -2.48. The molecule has 1 saturated heterocycles. The Morgan fingerprint density at radius 1 is 1.02 bits per heavy atom. The molecular formula is C29H43N5O7SSi. The summed E-state index contributed by atoms with van der Waals surface area (Å²) in [6.07, 6.45) is 0.104. The van der Waals surface area contributed by atoms with Crippen molar-refractivity contribution in [3.8, 4) is 34.6 Å². The maximum Gasteiger partial charge on any atom is 0.246 e. The maximum atomic E-state index is 14.5. The van der Waals surface area contributed by atoms with E-state index in [2.05, 4.69) is 34.8 Å². The van der Waals surface area contributed by atoms with Gasteiger partial charge in [0, 0.05) is 33.9 Å². The van der Waals surface area contributed by atoms with Crippen molar-refractivity contribution in [1.82, 2.24) is 19.7 Å². The molecule has 0 spiro atoms. The van der Waals surface area contributed by atoms with Crippen LogP contribution in [0.1, 0.15) is 19.8 Å². The SMILES string of the molecule is COc1cccc(-c2nnc(N(CC[Si](C)(C)C)S(=O)(=O)[C@H](C)[C@@H](O)C3CCOCC3)n2-c2c(OC)cccc2OC)n1. The van der Waals surface area contributed by atoms with Gasteiger partial charge in [-0.1, -0.05) is 31.8 Å². The lowest BCUT2D eigenvalue weighted by Gasteiger charge is -2.34. The van der Waals surface area contributed by atoms with Crippen molar-refractivity contribution in [1.29, 1.82) is 0 Å². The van der Waals surface area contributed by atoms with Gasteiger partial charge in [0.2, 0.25) is 21.9 Å². The van der Waals surface area contributed by atoms with Crippen molar-refractivity contribution < 1.29 is 32.5 Å². The van der Waals surface area contributed by atoms with E-state index in [1.54, 1.807) is 47.9 Å². The fourth-order valence-electron chi connectivity index (χ4n) is 5.11. The maximum absolute atomic E-state index is 14.5. The number of aliphatic hydroxyl groups is 1. The quantitative estimate of drug-likeness (QED) is 0.275. The largest absolute Gasteiger partial charge is 0.494 e. The van der Waals surface area contributed by atoms with E-state index >= 15 is 0 Å². The molecule has 0 unspecified atom stereocenters. The number of sulfonamides is 1. The Hall–Kier alpha value is -3.20. The van der Waals surface area contributed by atoms with Gasteiger partial charge in [-0.2, -0.15) is 0 Å². The average molecular weight is 634 g/mol. The molecule has 1 aliphatic rings. The van der Waals surface area contributed by atoms with E-state index in [4.69, 9.17) is 18.9 Å². The molecule has 0 aliphatic carbocycles. The van der Waals surface area contributed by atoms with Crippen LogP contribution in [0.3, 0.4) is 0 Å². The Kier molecular flexibility index (Phi) is 10.4. The third-order valence-electron chi connectivity index (χ3n) is 7.73. The van der Waals surface area contributed by atoms with E-state index in [1.165, 1.54) is 25.6 Å². The van der Waals surface area contributed by atoms with Gasteiger partial charge in [-0.15, -0.1) is 10.2 Å². The predicted molar refractivity (Wildman–Crippen MR) is 168 cm³/mol. The van der Waals surface area contributed by atoms with Crippen LogP contribution in [-0.2, 0) is 14.8 Å². The highest BCUT2D eigenvalue weighted by molar-refractivity contribution is 7.93. The van der Waals surface area contributed by atoms with Crippen molar-refractivity contribution in [2.75, 3.05) is 45.4 Å². The van der Waals surface area contributed by atoms with Crippen LogP contribution in [0.2, 0.25) is 25.7 Å². The van der Waals surface area contributed by atoms with Gasteiger partial charge in [-0.3, -0.25) is 4.57 Å². The first kappa shape index (κ1) is 32.7. The third-order valence-corrected chi connectivity index (χ3v) is 11.6. The summed E-state index contributed by atoms with van der Waals surface area (Å²) in [6.45, 7) is 9.24. The zero-order valence-electron chi connectivity index (χ0n) is 26.0. The zero-order valence-corrected chi connectivity index (χ0v) is 27.8. The number of hydrogen-bond donors (Lipinski definition) is 1. The molecule has 1 aliphatic heterocycles. The lowest BCUT2D eigenvalue weighted by molar-refractivity contribution is 0.00812. The number of ether oxygens (including phenoxy) is 4. The van der Waals surface area contributed by atoms with E-state index in [0.29, 0.717) is 60.9 Å². The number of aliphatic hydroxyl groups excluding tert-OH is 1. The molecule has 14 heteroatoms. The molecular weight excluding hydrogens is 591 g/mol. The van der Waals surface area contributed by atoms with Crippen LogP contribution in [-0.4, -0.2) is 93.8 Å². The minimum Gasteiger partial charge on any atom is -0.494 e. The first-order chi connectivity index (χ1) is 20.4. The summed E-state index contributed by atoms with van der Waals surface area (Å²) in [4.78, 5) is 4.56. The van der Waals surface area contributed by atoms with Gasteiger partial charge in [0.25, 0.3) is 0 Å². The number of aromatic nitrogens is 4. The average Bonchev–Trinajstić information content (AvgIpc) is 3.43. The van der Waals surface area contributed by atoms with E-state index in [-0.39, 0.29) is 24.2 Å². The van der Waals surface area contributed by atoms with Gasteiger partial charge in [0.1, 0.15) is 28.1 Å².